The van der Waals surface area contributed by atoms with Gasteiger partial charge in [0.1, 0.15) is 17.2 Å². The molecule has 1 atom stereocenters. The van der Waals surface area contributed by atoms with Crippen molar-refractivity contribution in [2.45, 2.75) is 18.8 Å². The van der Waals surface area contributed by atoms with Crippen molar-refractivity contribution in [3.05, 3.63) is 59.7 Å². The number of carboxylic acids is 1. The Morgan fingerprint density at radius 2 is 2.00 bits per heavy atom. The topological polar surface area (TPSA) is 94.1 Å². The lowest BCUT2D eigenvalue weighted by Crippen LogP contribution is -2.45. The van der Waals surface area contributed by atoms with E-state index in [2.05, 4.69) is 25.2 Å². The second-order valence-corrected chi connectivity index (χ2v) is 6.72. The van der Waals surface area contributed by atoms with Gasteiger partial charge in [-0.05, 0) is 18.2 Å². The maximum absolute atomic E-state index is 13.8. The minimum absolute atomic E-state index is 0.120. The van der Waals surface area contributed by atoms with Crippen LogP contribution in [0.25, 0.3) is 11.0 Å². The molecule has 1 fully saturated rings. The van der Waals surface area contributed by atoms with Crippen molar-refractivity contribution < 1.29 is 31.9 Å². The highest BCUT2D eigenvalue weighted by molar-refractivity contribution is 5.75. The fourth-order valence-corrected chi connectivity index (χ4v) is 3.16. The van der Waals surface area contributed by atoms with E-state index in [-0.39, 0.29) is 11.6 Å². The molecule has 0 bridgehead atoms. The number of piperazine rings is 1. The van der Waals surface area contributed by atoms with Crippen LogP contribution in [-0.4, -0.2) is 56.7 Å². The van der Waals surface area contributed by atoms with E-state index in [1.165, 1.54) is 6.07 Å². The lowest BCUT2D eigenvalue weighted by atomic mass is 10.1. The molecule has 1 saturated heterocycles. The molecule has 4 rings (SSSR count). The van der Waals surface area contributed by atoms with E-state index in [0.29, 0.717) is 17.9 Å². The normalized spacial score (nSPS) is 17.3. The standard InChI is InChI=1S/C17H17F2N5.C2HF3O2/c18-11-7-12(19)17-14(8-11)22-16(23-17)10-24-6-5-20-9-15(24)13-3-1-2-4-21-13;3-2(4,5)1(6)7/h1-4,7-8,15,20H,5-6,9-10H2,(H,22,23);(H,6,7). The van der Waals surface area contributed by atoms with Crippen LogP contribution in [0, 0.1) is 11.6 Å². The predicted molar refractivity (Wildman–Crippen MR) is 100.0 cm³/mol. The molecule has 3 N–H and O–H groups in total. The quantitative estimate of drug-likeness (QED) is 0.539. The van der Waals surface area contributed by atoms with Gasteiger partial charge in [-0.3, -0.25) is 9.88 Å². The molecule has 1 aromatic carbocycles. The maximum atomic E-state index is 13.8. The summed E-state index contributed by atoms with van der Waals surface area (Å²) in [6.45, 7) is 3.01. The summed E-state index contributed by atoms with van der Waals surface area (Å²) in [5.74, 6) is -3.39. The first-order chi connectivity index (χ1) is 14.6. The number of aliphatic carboxylic acids is 1. The highest BCUT2D eigenvalue weighted by Crippen LogP contribution is 2.23. The lowest BCUT2D eigenvalue weighted by molar-refractivity contribution is -0.192. The fraction of sp³-hybridized carbons (Fsp3) is 0.316. The smallest absolute Gasteiger partial charge is 0.475 e. The highest BCUT2D eigenvalue weighted by atomic mass is 19.4. The zero-order chi connectivity index (χ0) is 22.6. The lowest BCUT2D eigenvalue weighted by Gasteiger charge is -2.35. The monoisotopic (exact) mass is 443 g/mol. The van der Waals surface area contributed by atoms with Crippen molar-refractivity contribution in [2.24, 2.45) is 0 Å². The number of hydrogen-bond acceptors (Lipinski definition) is 5. The average molecular weight is 443 g/mol. The molecule has 166 valence electrons. The Morgan fingerprint density at radius 1 is 1.26 bits per heavy atom. The minimum Gasteiger partial charge on any atom is -0.475 e. The molecular weight excluding hydrogens is 425 g/mol. The van der Waals surface area contributed by atoms with Crippen LogP contribution in [0.3, 0.4) is 0 Å². The molecule has 0 amide bonds. The van der Waals surface area contributed by atoms with Gasteiger partial charge in [-0.25, -0.2) is 18.6 Å². The van der Waals surface area contributed by atoms with Gasteiger partial charge in [0.2, 0.25) is 0 Å². The van der Waals surface area contributed by atoms with Gasteiger partial charge in [0.25, 0.3) is 0 Å². The van der Waals surface area contributed by atoms with Crippen LogP contribution in [0.4, 0.5) is 22.0 Å². The summed E-state index contributed by atoms with van der Waals surface area (Å²) in [5.41, 5.74) is 1.54. The van der Waals surface area contributed by atoms with Crippen LogP contribution in [0.1, 0.15) is 17.6 Å². The number of pyridine rings is 1. The molecule has 1 aliphatic heterocycles. The Morgan fingerprint density at radius 3 is 2.65 bits per heavy atom. The number of carboxylic acid groups (broad SMARTS) is 1. The van der Waals surface area contributed by atoms with Crippen LogP contribution < -0.4 is 5.32 Å². The van der Waals surface area contributed by atoms with Crippen molar-refractivity contribution in [1.29, 1.82) is 0 Å². The molecule has 1 unspecified atom stereocenters. The predicted octanol–water partition coefficient (Wildman–Crippen LogP) is 3.02. The summed E-state index contributed by atoms with van der Waals surface area (Å²) in [4.78, 5) is 22.9. The molecule has 3 aromatic rings. The van der Waals surface area contributed by atoms with Crippen LogP contribution in [-0.2, 0) is 11.3 Å². The Bertz CT molecular complexity index is 1040. The van der Waals surface area contributed by atoms with Crippen molar-refractivity contribution in [3.8, 4) is 0 Å². The number of imidazole rings is 1. The highest BCUT2D eigenvalue weighted by Gasteiger charge is 2.38. The Balaban J connectivity index is 0.000000339. The molecule has 0 aliphatic carbocycles. The molecule has 31 heavy (non-hydrogen) atoms. The van der Waals surface area contributed by atoms with E-state index in [4.69, 9.17) is 9.90 Å². The molecule has 0 saturated carbocycles. The molecular formula is C19H18F5N5O2. The second kappa shape index (κ2) is 9.35. The third-order valence-corrected chi connectivity index (χ3v) is 4.53. The second-order valence-electron chi connectivity index (χ2n) is 6.72. The van der Waals surface area contributed by atoms with E-state index >= 15 is 0 Å². The van der Waals surface area contributed by atoms with E-state index in [0.717, 1.165) is 31.4 Å². The first-order valence-corrected chi connectivity index (χ1v) is 9.14. The average Bonchev–Trinajstić information content (AvgIpc) is 3.11. The van der Waals surface area contributed by atoms with Gasteiger partial charge in [0.05, 0.1) is 23.8 Å². The van der Waals surface area contributed by atoms with Gasteiger partial charge in [-0.15, -0.1) is 0 Å². The Kier molecular flexibility index (Phi) is 6.81. The molecule has 7 nitrogen and oxygen atoms in total. The summed E-state index contributed by atoms with van der Waals surface area (Å²) in [6.07, 6.45) is -3.30. The summed E-state index contributed by atoms with van der Waals surface area (Å²) in [5, 5.41) is 10.5. The van der Waals surface area contributed by atoms with Crippen LogP contribution in [0.2, 0.25) is 0 Å². The van der Waals surface area contributed by atoms with Gasteiger partial charge in [0, 0.05) is 31.9 Å². The first-order valence-electron chi connectivity index (χ1n) is 9.14. The van der Waals surface area contributed by atoms with Gasteiger partial charge < -0.3 is 15.4 Å². The molecule has 12 heteroatoms. The van der Waals surface area contributed by atoms with Crippen LogP contribution in [0.5, 0.6) is 0 Å². The number of alkyl halides is 3. The van der Waals surface area contributed by atoms with Crippen molar-refractivity contribution in [2.75, 3.05) is 19.6 Å². The zero-order valence-electron chi connectivity index (χ0n) is 16.0. The summed E-state index contributed by atoms with van der Waals surface area (Å²) in [7, 11) is 0. The van der Waals surface area contributed by atoms with E-state index < -0.39 is 23.8 Å². The zero-order valence-corrected chi connectivity index (χ0v) is 16.0. The molecule has 3 heterocycles. The number of nitrogens with zero attached hydrogens (tertiary/aromatic N) is 3. The Labute approximate surface area is 172 Å². The van der Waals surface area contributed by atoms with E-state index in [9.17, 15) is 22.0 Å². The third-order valence-electron chi connectivity index (χ3n) is 4.53. The number of carbonyl (C=O) groups is 1. The molecule has 0 spiro atoms. The number of rotatable bonds is 3. The summed E-state index contributed by atoms with van der Waals surface area (Å²) in [6, 6.07) is 8.10. The minimum atomic E-state index is -5.08. The Hall–Kier alpha value is -3.12. The van der Waals surface area contributed by atoms with Gasteiger partial charge in [0.15, 0.2) is 5.82 Å². The number of hydrogen-bond donors (Lipinski definition) is 3. The largest absolute Gasteiger partial charge is 0.490 e. The number of H-pyrrole nitrogens is 1. The summed E-state index contributed by atoms with van der Waals surface area (Å²) >= 11 is 0. The van der Waals surface area contributed by atoms with Crippen molar-refractivity contribution >= 4 is 17.0 Å². The van der Waals surface area contributed by atoms with Gasteiger partial charge in [-0.1, -0.05) is 6.07 Å². The van der Waals surface area contributed by atoms with Crippen molar-refractivity contribution in [1.82, 2.24) is 25.2 Å². The van der Waals surface area contributed by atoms with E-state index in [1.54, 1.807) is 6.20 Å². The number of benzene rings is 1. The number of fused-ring (bicyclic) bond motifs is 1. The van der Waals surface area contributed by atoms with E-state index in [1.807, 2.05) is 18.2 Å². The molecule has 2 aromatic heterocycles. The maximum Gasteiger partial charge on any atom is 0.490 e. The summed E-state index contributed by atoms with van der Waals surface area (Å²) < 4.78 is 58.9. The van der Waals surface area contributed by atoms with Crippen molar-refractivity contribution in [3.63, 3.8) is 0 Å². The van der Waals surface area contributed by atoms with Crippen LogP contribution >= 0.6 is 0 Å². The van der Waals surface area contributed by atoms with Gasteiger partial charge >= 0.3 is 12.1 Å². The fourth-order valence-electron chi connectivity index (χ4n) is 3.16. The molecule has 0 radical (unpaired) electrons. The third kappa shape index (κ3) is 5.73. The SMILES string of the molecule is Fc1cc(F)c2nc(CN3CCNCC3c3ccccn3)[nH]c2c1.O=C(O)C(F)(F)F. The number of nitrogens with one attached hydrogen (secondary N) is 2. The number of aromatic nitrogens is 3. The van der Waals surface area contributed by atoms with Gasteiger partial charge in [-0.2, -0.15) is 13.2 Å². The number of aromatic amines is 1. The first kappa shape index (κ1) is 22.6. The molecule has 1 aliphatic rings. The van der Waals surface area contributed by atoms with Crippen LogP contribution in [0.15, 0.2) is 36.5 Å². The number of halogens is 5.